The molecular weight excluding hydrogens is 344 g/mol. The Morgan fingerprint density at radius 1 is 1.18 bits per heavy atom. The second-order valence-electron chi connectivity index (χ2n) is 5.32. The van der Waals surface area contributed by atoms with Crippen LogP contribution in [0.25, 0.3) is 0 Å². The average molecular weight is 363 g/mol. The van der Waals surface area contributed by atoms with Gasteiger partial charge in [0.1, 0.15) is 11.5 Å². The first-order valence-electron chi connectivity index (χ1n) is 7.32. The van der Waals surface area contributed by atoms with Gasteiger partial charge in [0.05, 0.1) is 32.1 Å². The van der Waals surface area contributed by atoms with Crippen molar-refractivity contribution < 1.29 is 9.47 Å². The maximum atomic E-state index is 5.58. The Morgan fingerprint density at radius 3 is 2.77 bits per heavy atom. The summed E-state index contributed by atoms with van der Waals surface area (Å²) in [5.74, 6) is 1.69. The molecular formula is C17H19BrN2O2. The monoisotopic (exact) mass is 362 g/mol. The van der Waals surface area contributed by atoms with E-state index >= 15 is 0 Å². The van der Waals surface area contributed by atoms with Crippen molar-refractivity contribution in [3.63, 3.8) is 0 Å². The third-order valence-electron chi connectivity index (χ3n) is 4.07. The van der Waals surface area contributed by atoms with Crippen LogP contribution in [0, 0.1) is 0 Å². The van der Waals surface area contributed by atoms with E-state index in [1.165, 1.54) is 5.56 Å². The van der Waals surface area contributed by atoms with Gasteiger partial charge in [-0.15, -0.1) is 0 Å². The van der Waals surface area contributed by atoms with Crippen molar-refractivity contribution in [3.05, 3.63) is 46.7 Å². The van der Waals surface area contributed by atoms with Crippen molar-refractivity contribution in [2.75, 3.05) is 25.7 Å². The molecule has 1 saturated heterocycles. The minimum Gasteiger partial charge on any atom is -0.497 e. The molecule has 116 valence electrons. The SMILES string of the molecule is COc1ccc(C2CCCN2c2cncc(Br)c2)c(OC)c1. The van der Waals surface area contributed by atoms with Crippen molar-refractivity contribution in [1.82, 2.24) is 4.98 Å². The Labute approximate surface area is 139 Å². The summed E-state index contributed by atoms with van der Waals surface area (Å²) in [4.78, 5) is 6.68. The van der Waals surface area contributed by atoms with Crippen LogP contribution in [-0.2, 0) is 0 Å². The van der Waals surface area contributed by atoms with Crippen molar-refractivity contribution >= 4 is 21.6 Å². The molecule has 1 aliphatic heterocycles. The summed E-state index contributed by atoms with van der Waals surface area (Å²) >= 11 is 3.50. The minimum absolute atomic E-state index is 0.303. The number of hydrogen-bond acceptors (Lipinski definition) is 4. The van der Waals surface area contributed by atoms with E-state index in [4.69, 9.17) is 9.47 Å². The molecule has 1 atom stereocenters. The molecule has 3 rings (SSSR count). The molecule has 1 aliphatic rings. The van der Waals surface area contributed by atoms with E-state index in [9.17, 15) is 0 Å². The van der Waals surface area contributed by atoms with Gasteiger partial charge in [-0.1, -0.05) is 0 Å². The van der Waals surface area contributed by atoms with E-state index in [0.717, 1.165) is 41.0 Å². The van der Waals surface area contributed by atoms with E-state index in [0.29, 0.717) is 6.04 Å². The first kappa shape index (κ1) is 15.2. The highest BCUT2D eigenvalue weighted by Crippen LogP contribution is 2.41. The summed E-state index contributed by atoms with van der Waals surface area (Å²) in [5.41, 5.74) is 2.33. The van der Waals surface area contributed by atoms with Crippen LogP contribution in [0.15, 0.2) is 41.1 Å². The summed E-state index contributed by atoms with van der Waals surface area (Å²) in [6, 6.07) is 8.46. The first-order chi connectivity index (χ1) is 10.7. The highest BCUT2D eigenvalue weighted by atomic mass is 79.9. The Balaban J connectivity index is 1.96. The molecule has 22 heavy (non-hydrogen) atoms. The standard InChI is InChI=1S/C17H19BrN2O2/c1-21-14-5-6-15(17(9-14)22-2)16-4-3-7-20(16)13-8-12(18)10-19-11-13/h5-6,8-11,16H,3-4,7H2,1-2H3. The highest BCUT2D eigenvalue weighted by molar-refractivity contribution is 9.10. The Bertz CT molecular complexity index is 663. The quantitative estimate of drug-likeness (QED) is 0.815. The van der Waals surface area contributed by atoms with Crippen LogP contribution in [0.5, 0.6) is 11.5 Å². The number of rotatable bonds is 4. The molecule has 0 radical (unpaired) electrons. The van der Waals surface area contributed by atoms with Crippen molar-refractivity contribution in [2.24, 2.45) is 0 Å². The number of methoxy groups -OCH3 is 2. The third-order valence-corrected chi connectivity index (χ3v) is 4.51. The molecule has 1 aromatic heterocycles. The number of halogens is 1. The fourth-order valence-corrected chi connectivity index (χ4v) is 3.40. The zero-order chi connectivity index (χ0) is 15.5. The molecule has 2 heterocycles. The van der Waals surface area contributed by atoms with Gasteiger partial charge in [0.2, 0.25) is 0 Å². The third kappa shape index (κ3) is 2.90. The second kappa shape index (κ2) is 6.57. The van der Waals surface area contributed by atoms with Gasteiger partial charge in [-0.3, -0.25) is 4.98 Å². The van der Waals surface area contributed by atoms with Crippen molar-refractivity contribution in [3.8, 4) is 11.5 Å². The Hall–Kier alpha value is -1.75. The van der Waals surface area contributed by atoms with Crippen molar-refractivity contribution in [2.45, 2.75) is 18.9 Å². The molecule has 4 nitrogen and oxygen atoms in total. The molecule has 0 saturated carbocycles. The topological polar surface area (TPSA) is 34.6 Å². The van der Waals surface area contributed by atoms with Gasteiger partial charge in [0.25, 0.3) is 0 Å². The van der Waals surface area contributed by atoms with Gasteiger partial charge in [0, 0.05) is 28.8 Å². The first-order valence-corrected chi connectivity index (χ1v) is 8.11. The van der Waals surface area contributed by atoms with Crippen LogP contribution >= 0.6 is 15.9 Å². The van der Waals surface area contributed by atoms with E-state index in [-0.39, 0.29) is 0 Å². The molecule has 1 fully saturated rings. The molecule has 1 aromatic carbocycles. The molecule has 2 aromatic rings. The summed E-state index contributed by atoms with van der Waals surface area (Å²) < 4.78 is 11.9. The van der Waals surface area contributed by atoms with Gasteiger partial charge >= 0.3 is 0 Å². The zero-order valence-corrected chi connectivity index (χ0v) is 14.3. The number of benzene rings is 1. The maximum absolute atomic E-state index is 5.58. The van der Waals surface area contributed by atoms with Crippen LogP contribution in [0.3, 0.4) is 0 Å². The van der Waals surface area contributed by atoms with Crippen LogP contribution in [0.2, 0.25) is 0 Å². The van der Waals surface area contributed by atoms with E-state index in [1.807, 2.05) is 24.5 Å². The normalized spacial score (nSPS) is 17.6. The number of pyridine rings is 1. The number of hydrogen-bond donors (Lipinski definition) is 0. The highest BCUT2D eigenvalue weighted by Gasteiger charge is 2.29. The van der Waals surface area contributed by atoms with Gasteiger partial charge in [0.15, 0.2) is 0 Å². The lowest BCUT2D eigenvalue weighted by atomic mass is 10.0. The van der Waals surface area contributed by atoms with Gasteiger partial charge < -0.3 is 14.4 Å². The van der Waals surface area contributed by atoms with Crippen LogP contribution < -0.4 is 14.4 Å². The predicted octanol–water partition coefficient (Wildman–Crippen LogP) is 4.20. The van der Waals surface area contributed by atoms with Crippen molar-refractivity contribution in [1.29, 1.82) is 0 Å². The lowest BCUT2D eigenvalue weighted by molar-refractivity contribution is 0.388. The molecule has 0 N–H and O–H groups in total. The Kier molecular flexibility index (Phi) is 4.52. The van der Waals surface area contributed by atoms with E-state index in [2.05, 4.69) is 37.9 Å². The summed E-state index contributed by atoms with van der Waals surface area (Å²) in [6.07, 6.45) is 5.99. The second-order valence-corrected chi connectivity index (χ2v) is 6.24. The number of aromatic nitrogens is 1. The zero-order valence-electron chi connectivity index (χ0n) is 12.8. The molecule has 1 unspecified atom stereocenters. The average Bonchev–Trinajstić information content (AvgIpc) is 3.03. The molecule has 0 bridgehead atoms. The van der Waals surface area contributed by atoms with E-state index in [1.54, 1.807) is 14.2 Å². The fourth-order valence-electron chi connectivity index (χ4n) is 3.05. The molecule has 0 spiro atoms. The van der Waals surface area contributed by atoms with Gasteiger partial charge in [-0.05, 0) is 47.0 Å². The van der Waals surface area contributed by atoms with Gasteiger partial charge in [-0.2, -0.15) is 0 Å². The maximum Gasteiger partial charge on any atom is 0.127 e. The van der Waals surface area contributed by atoms with E-state index < -0.39 is 0 Å². The number of ether oxygens (including phenoxy) is 2. The largest absolute Gasteiger partial charge is 0.497 e. The molecule has 0 aliphatic carbocycles. The lowest BCUT2D eigenvalue weighted by Gasteiger charge is -2.28. The van der Waals surface area contributed by atoms with Gasteiger partial charge in [-0.25, -0.2) is 0 Å². The summed E-state index contributed by atoms with van der Waals surface area (Å²) in [6.45, 7) is 1.03. The Morgan fingerprint density at radius 2 is 2.05 bits per heavy atom. The summed E-state index contributed by atoms with van der Waals surface area (Å²) in [7, 11) is 3.38. The van der Waals surface area contributed by atoms with Crippen LogP contribution in [-0.4, -0.2) is 25.7 Å². The fraction of sp³-hybridized carbons (Fsp3) is 0.353. The minimum atomic E-state index is 0.303. The predicted molar refractivity (Wildman–Crippen MR) is 90.8 cm³/mol. The molecule has 0 amide bonds. The lowest BCUT2D eigenvalue weighted by Crippen LogP contribution is -2.23. The van der Waals surface area contributed by atoms with Crippen LogP contribution in [0.4, 0.5) is 5.69 Å². The number of nitrogens with zero attached hydrogens (tertiary/aromatic N) is 2. The van der Waals surface area contributed by atoms with Crippen LogP contribution in [0.1, 0.15) is 24.4 Å². The molecule has 5 heteroatoms. The summed E-state index contributed by atoms with van der Waals surface area (Å²) in [5, 5.41) is 0. The smallest absolute Gasteiger partial charge is 0.127 e. The number of anilines is 1.